The first-order valence-electron chi connectivity index (χ1n) is 9.35. The lowest BCUT2D eigenvalue weighted by atomic mass is 10.1. The summed E-state index contributed by atoms with van der Waals surface area (Å²) in [6.07, 6.45) is 0.924. The van der Waals surface area contributed by atoms with Crippen LogP contribution in [-0.4, -0.2) is 51.5 Å². The SMILES string of the molecule is CCSC(SCC)C1CC(C)CN1C(=O)c1cc(OC)c(C)cc1[N+](=O)[O-].II. The third-order valence-electron chi connectivity index (χ3n) is 4.73. The minimum Gasteiger partial charge on any atom is -0.496 e. The maximum absolute atomic E-state index is 13.4. The van der Waals surface area contributed by atoms with Crippen molar-refractivity contribution in [2.75, 3.05) is 25.2 Å². The third-order valence-corrected chi connectivity index (χ3v) is 7.50. The van der Waals surface area contributed by atoms with Gasteiger partial charge in [-0.2, -0.15) is 0 Å². The number of carbonyl (C=O) groups is 1. The van der Waals surface area contributed by atoms with Crippen molar-refractivity contribution in [3.8, 4) is 5.75 Å². The average molecular weight is 666 g/mol. The molecule has 6 nitrogen and oxygen atoms in total. The second-order valence-corrected chi connectivity index (χ2v) is 9.88. The Morgan fingerprint density at radius 2 is 1.93 bits per heavy atom. The van der Waals surface area contributed by atoms with Crippen LogP contribution >= 0.6 is 60.8 Å². The molecule has 0 spiro atoms. The molecule has 2 rings (SSSR count). The van der Waals surface area contributed by atoms with Crippen LogP contribution in [0.3, 0.4) is 0 Å². The maximum atomic E-state index is 13.4. The number of methoxy groups -OCH3 is 1. The smallest absolute Gasteiger partial charge is 0.282 e. The number of ether oxygens (including phenoxy) is 1. The van der Waals surface area contributed by atoms with Crippen LogP contribution in [0.5, 0.6) is 5.75 Å². The number of rotatable bonds is 8. The first kappa shape index (κ1) is 27.1. The van der Waals surface area contributed by atoms with Crippen LogP contribution < -0.4 is 4.74 Å². The zero-order valence-corrected chi connectivity index (χ0v) is 23.3. The van der Waals surface area contributed by atoms with Gasteiger partial charge in [0.2, 0.25) is 0 Å². The highest BCUT2D eigenvalue weighted by Gasteiger charge is 2.40. The number of carbonyl (C=O) groups excluding carboxylic acids is 1. The van der Waals surface area contributed by atoms with Gasteiger partial charge in [0.1, 0.15) is 11.3 Å². The van der Waals surface area contributed by atoms with Crippen molar-refractivity contribution >= 4 is 72.4 Å². The number of aryl methyl sites for hydroxylation is 1. The van der Waals surface area contributed by atoms with Crippen LogP contribution in [0, 0.1) is 23.0 Å². The Balaban J connectivity index is 0.00000204. The monoisotopic (exact) mass is 666 g/mol. The summed E-state index contributed by atoms with van der Waals surface area (Å²) in [4.78, 5) is 26.3. The molecule has 1 saturated heterocycles. The fraction of sp³-hybridized carbons (Fsp3) is 0.632. The molecule has 0 saturated carbocycles. The number of nitro groups is 1. The molecule has 10 heteroatoms. The molecule has 1 heterocycles. The number of amides is 1. The molecule has 2 unspecified atom stereocenters. The molecule has 164 valence electrons. The number of thioether (sulfide) groups is 2. The summed E-state index contributed by atoms with van der Waals surface area (Å²) in [5.74, 6) is 2.55. The molecule has 1 aromatic rings. The molecule has 0 N–H and O–H groups in total. The first-order chi connectivity index (χ1) is 13.8. The van der Waals surface area contributed by atoms with E-state index in [1.165, 1.54) is 19.2 Å². The van der Waals surface area contributed by atoms with Gasteiger partial charge >= 0.3 is 0 Å². The van der Waals surface area contributed by atoms with E-state index in [1.54, 1.807) is 6.92 Å². The zero-order chi connectivity index (χ0) is 22.1. The number of likely N-dealkylation sites (tertiary alicyclic amines) is 1. The second-order valence-electron chi connectivity index (χ2n) is 6.74. The van der Waals surface area contributed by atoms with Crippen LogP contribution in [0.2, 0.25) is 0 Å². The van der Waals surface area contributed by atoms with E-state index < -0.39 is 4.92 Å². The van der Waals surface area contributed by atoms with Crippen molar-refractivity contribution < 1.29 is 14.5 Å². The molecular weight excluding hydrogens is 638 g/mol. The molecule has 1 aromatic carbocycles. The largest absolute Gasteiger partial charge is 0.496 e. The highest BCUT2D eigenvalue weighted by molar-refractivity contribution is 15.0. The number of nitrogens with zero attached hydrogens (tertiary/aromatic N) is 2. The highest BCUT2D eigenvalue weighted by Crippen LogP contribution is 2.39. The van der Waals surface area contributed by atoms with Crippen molar-refractivity contribution in [1.82, 2.24) is 4.90 Å². The Kier molecular flexibility index (Phi) is 12.6. The van der Waals surface area contributed by atoms with Crippen LogP contribution in [-0.2, 0) is 0 Å². The van der Waals surface area contributed by atoms with E-state index in [0.29, 0.717) is 23.8 Å². The van der Waals surface area contributed by atoms with E-state index in [1.807, 2.05) is 28.4 Å². The Morgan fingerprint density at radius 1 is 1.34 bits per heavy atom. The summed E-state index contributed by atoms with van der Waals surface area (Å²) in [5.41, 5.74) is 0.607. The lowest BCUT2D eigenvalue weighted by Crippen LogP contribution is -2.41. The van der Waals surface area contributed by atoms with E-state index in [4.69, 9.17) is 4.74 Å². The summed E-state index contributed by atoms with van der Waals surface area (Å²) in [6.45, 7) is 8.74. The van der Waals surface area contributed by atoms with E-state index in [0.717, 1.165) is 17.9 Å². The molecule has 1 amide bonds. The lowest BCUT2D eigenvalue weighted by Gasteiger charge is -2.31. The van der Waals surface area contributed by atoms with E-state index in [-0.39, 0.29) is 27.8 Å². The van der Waals surface area contributed by atoms with Crippen LogP contribution in [0.1, 0.15) is 43.1 Å². The number of benzene rings is 1. The number of halogens is 2. The van der Waals surface area contributed by atoms with E-state index in [2.05, 4.69) is 58.0 Å². The molecule has 0 bridgehead atoms. The summed E-state index contributed by atoms with van der Waals surface area (Å²) in [6, 6.07) is 3.03. The standard InChI is InChI=1S/C19H28N2O4S2.I2/c1-6-26-19(27-7-2)16-8-12(3)11-20(16)18(22)14-10-17(25-5)13(4)9-15(14)21(23)24;1-2/h9-10,12,16,19H,6-8,11H2,1-5H3;. The quantitative estimate of drug-likeness (QED) is 0.139. The van der Waals surface area contributed by atoms with Gasteiger partial charge in [-0.1, -0.05) is 20.8 Å². The third kappa shape index (κ3) is 7.03. The molecule has 0 aliphatic carbocycles. The van der Waals surface area contributed by atoms with Crippen molar-refractivity contribution in [2.45, 2.75) is 44.7 Å². The fourth-order valence-electron chi connectivity index (χ4n) is 3.55. The van der Waals surface area contributed by atoms with Gasteiger partial charge in [0.05, 0.1) is 22.7 Å². The van der Waals surface area contributed by atoms with E-state index >= 15 is 0 Å². The fourth-order valence-corrected chi connectivity index (χ4v) is 6.36. The van der Waals surface area contributed by atoms with Gasteiger partial charge in [0, 0.05) is 55.9 Å². The summed E-state index contributed by atoms with van der Waals surface area (Å²) in [5, 5.41) is 11.6. The molecule has 1 aliphatic heterocycles. The number of nitro benzene ring substituents is 1. The first-order valence-corrected chi connectivity index (χ1v) is 17.7. The topological polar surface area (TPSA) is 72.7 Å². The Bertz CT molecular complexity index is 703. The maximum Gasteiger partial charge on any atom is 0.282 e. The summed E-state index contributed by atoms with van der Waals surface area (Å²) >= 11 is 7.94. The summed E-state index contributed by atoms with van der Waals surface area (Å²) < 4.78 is 5.58. The van der Waals surface area contributed by atoms with Crippen LogP contribution in [0.15, 0.2) is 12.1 Å². The molecule has 2 atom stereocenters. The van der Waals surface area contributed by atoms with Gasteiger partial charge in [-0.25, -0.2) is 0 Å². The minimum absolute atomic E-state index is 0.0781. The van der Waals surface area contributed by atoms with Crippen molar-refractivity contribution in [3.63, 3.8) is 0 Å². The second kappa shape index (κ2) is 13.5. The van der Waals surface area contributed by atoms with Gasteiger partial charge in [0.15, 0.2) is 0 Å². The Labute approximate surface area is 205 Å². The van der Waals surface area contributed by atoms with Gasteiger partial charge in [0.25, 0.3) is 11.6 Å². The summed E-state index contributed by atoms with van der Waals surface area (Å²) in [7, 11) is 1.51. The average Bonchev–Trinajstić information content (AvgIpc) is 3.10. The molecule has 0 aromatic heterocycles. The molecule has 29 heavy (non-hydrogen) atoms. The Hall–Kier alpha value is 0.0500. The number of hydrogen-bond donors (Lipinski definition) is 0. The minimum atomic E-state index is -0.479. The predicted molar refractivity (Wildman–Crippen MR) is 141 cm³/mol. The molecule has 1 aliphatic rings. The lowest BCUT2D eigenvalue weighted by molar-refractivity contribution is -0.385. The van der Waals surface area contributed by atoms with Gasteiger partial charge in [-0.05, 0) is 36.3 Å². The van der Waals surface area contributed by atoms with Crippen LogP contribution in [0.4, 0.5) is 5.69 Å². The van der Waals surface area contributed by atoms with Gasteiger partial charge in [-0.15, -0.1) is 23.5 Å². The van der Waals surface area contributed by atoms with Gasteiger partial charge in [-0.3, -0.25) is 14.9 Å². The van der Waals surface area contributed by atoms with Gasteiger partial charge < -0.3 is 9.64 Å². The molecule has 0 radical (unpaired) electrons. The molecular formula is C19H28I2N2O4S2. The normalized spacial score (nSPS) is 18.4. The number of hydrogen-bond acceptors (Lipinski definition) is 6. The van der Waals surface area contributed by atoms with Crippen LogP contribution in [0.25, 0.3) is 0 Å². The molecule has 1 fully saturated rings. The van der Waals surface area contributed by atoms with E-state index in [9.17, 15) is 14.9 Å². The zero-order valence-electron chi connectivity index (χ0n) is 17.3. The van der Waals surface area contributed by atoms with Crippen molar-refractivity contribution in [1.29, 1.82) is 0 Å². The van der Waals surface area contributed by atoms with Crippen molar-refractivity contribution in [3.05, 3.63) is 33.4 Å². The van der Waals surface area contributed by atoms with Crippen molar-refractivity contribution in [2.24, 2.45) is 5.92 Å². The Morgan fingerprint density at radius 3 is 2.41 bits per heavy atom. The highest BCUT2D eigenvalue weighted by atomic mass is 128. The predicted octanol–water partition coefficient (Wildman–Crippen LogP) is 6.37.